The summed E-state index contributed by atoms with van der Waals surface area (Å²) in [7, 11) is 4.89. The number of para-hydroxylation sites is 1. The third-order valence-electron chi connectivity index (χ3n) is 6.63. The molecule has 4 aromatic rings. The first-order valence-corrected chi connectivity index (χ1v) is 12.2. The maximum atomic E-state index is 13.9. The first-order valence-electron chi connectivity index (χ1n) is 12.2. The number of anilines is 1. The number of rotatable bonds is 7. The molecule has 0 saturated carbocycles. The first kappa shape index (κ1) is 24.2. The number of ether oxygens (including phenoxy) is 3. The van der Waals surface area contributed by atoms with E-state index in [9.17, 15) is 4.79 Å². The normalized spacial score (nSPS) is 13.4. The van der Waals surface area contributed by atoms with E-state index in [1.54, 1.807) is 26.0 Å². The van der Waals surface area contributed by atoms with Gasteiger partial charge in [0.15, 0.2) is 0 Å². The number of hydrogen-bond acceptors (Lipinski definition) is 6. The van der Waals surface area contributed by atoms with Gasteiger partial charge in [-0.05, 0) is 54.6 Å². The molecule has 3 aromatic carbocycles. The predicted molar refractivity (Wildman–Crippen MR) is 143 cm³/mol. The van der Waals surface area contributed by atoms with E-state index in [4.69, 9.17) is 19.3 Å². The first-order chi connectivity index (χ1) is 18.1. The minimum Gasteiger partial charge on any atom is -0.497 e. The lowest BCUT2D eigenvalue weighted by Gasteiger charge is -2.36. The van der Waals surface area contributed by atoms with Gasteiger partial charge >= 0.3 is 0 Å². The molecule has 1 aliphatic rings. The van der Waals surface area contributed by atoms with Crippen LogP contribution in [0.15, 0.2) is 79.0 Å². The third kappa shape index (κ3) is 4.95. The molecule has 2 heterocycles. The smallest absolute Gasteiger partial charge is 0.257 e. The van der Waals surface area contributed by atoms with Crippen molar-refractivity contribution in [1.82, 2.24) is 14.7 Å². The van der Waals surface area contributed by atoms with E-state index < -0.39 is 0 Å². The van der Waals surface area contributed by atoms with Crippen molar-refractivity contribution in [1.29, 1.82) is 0 Å². The summed E-state index contributed by atoms with van der Waals surface area (Å²) in [5.74, 6) is 2.05. The molecule has 0 aliphatic carbocycles. The highest BCUT2D eigenvalue weighted by Crippen LogP contribution is 2.35. The highest BCUT2D eigenvalue weighted by atomic mass is 16.5. The van der Waals surface area contributed by atoms with E-state index >= 15 is 0 Å². The molecule has 8 heteroatoms. The molecule has 1 fully saturated rings. The Kier molecular flexibility index (Phi) is 6.98. The van der Waals surface area contributed by atoms with Gasteiger partial charge < -0.3 is 24.0 Å². The molecule has 0 radical (unpaired) electrons. The molecular weight excluding hydrogens is 468 g/mol. The molecule has 1 aliphatic heterocycles. The number of nitrogens with zero attached hydrogens (tertiary/aromatic N) is 4. The monoisotopic (exact) mass is 498 g/mol. The van der Waals surface area contributed by atoms with Gasteiger partial charge in [-0.2, -0.15) is 5.10 Å². The highest BCUT2D eigenvalue weighted by molar-refractivity contribution is 6.00. The number of carbonyl (C=O) groups excluding carboxylic acids is 1. The lowest BCUT2D eigenvalue weighted by Crippen LogP contribution is -2.48. The fourth-order valence-electron chi connectivity index (χ4n) is 4.57. The van der Waals surface area contributed by atoms with Crippen molar-refractivity contribution in [2.45, 2.75) is 0 Å². The Labute approximate surface area is 216 Å². The molecule has 0 bridgehead atoms. The largest absolute Gasteiger partial charge is 0.497 e. The van der Waals surface area contributed by atoms with Gasteiger partial charge in [0, 0.05) is 43.6 Å². The molecule has 37 heavy (non-hydrogen) atoms. The van der Waals surface area contributed by atoms with Crippen molar-refractivity contribution in [3.05, 3.63) is 84.6 Å². The van der Waals surface area contributed by atoms with Gasteiger partial charge in [-0.1, -0.05) is 18.2 Å². The summed E-state index contributed by atoms with van der Waals surface area (Å²) < 4.78 is 18.1. The molecule has 0 spiro atoms. The Morgan fingerprint density at radius 3 is 2.08 bits per heavy atom. The van der Waals surface area contributed by atoms with Crippen molar-refractivity contribution in [3.63, 3.8) is 0 Å². The second-order valence-electron chi connectivity index (χ2n) is 8.71. The van der Waals surface area contributed by atoms with E-state index in [0.717, 1.165) is 30.2 Å². The van der Waals surface area contributed by atoms with Crippen LogP contribution in [0, 0.1) is 0 Å². The third-order valence-corrected chi connectivity index (χ3v) is 6.63. The predicted octanol–water partition coefficient (Wildman–Crippen LogP) is 4.53. The van der Waals surface area contributed by atoms with Crippen LogP contribution >= 0.6 is 0 Å². The Morgan fingerprint density at radius 1 is 0.757 bits per heavy atom. The molecule has 0 N–H and O–H groups in total. The van der Waals surface area contributed by atoms with Gasteiger partial charge in [-0.3, -0.25) is 4.79 Å². The topological polar surface area (TPSA) is 69.1 Å². The van der Waals surface area contributed by atoms with Gasteiger partial charge in [0.25, 0.3) is 5.91 Å². The molecule has 190 valence electrons. The molecule has 1 amide bonds. The summed E-state index contributed by atoms with van der Waals surface area (Å²) in [5.41, 5.74) is 3.77. The maximum Gasteiger partial charge on any atom is 0.257 e. The van der Waals surface area contributed by atoms with E-state index in [-0.39, 0.29) is 5.91 Å². The molecular formula is C29H30N4O4. The second kappa shape index (κ2) is 10.7. The number of hydrogen-bond donors (Lipinski definition) is 0. The molecule has 1 saturated heterocycles. The van der Waals surface area contributed by atoms with Gasteiger partial charge in [-0.15, -0.1) is 0 Å². The summed E-state index contributed by atoms with van der Waals surface area (Å²) in [4.78, 5) is 18.1. The van der Waals surface area contributed by atoms with Gasteiger partial charge in [0.1, 0.15) is 22.9 Å². The van der Waals surface area contributed by atoms with E-state index in [0.29, 0.717) is 41.4 Å². The van der Waals surface area contributed by atoms with Crippen LogP contribution in [0.4, 0.5) is 5.69 Å². The lowest BCUT2D eigenvalue weighted by molar-refractivity contribution is 0.0747. The van der Waals surface area contributed by atoms with Crippen molar-refractivity contribution in [2.75, 3.05) is 52.4 Å². The fourth-order valence-corrected chi connectivity index (χ4v) is 4.57. The number of piperazine rings is 1. The summed E-state index contributed by atoms with van der Waals surface area (Å²) in [6.45, 7) is 2.69. The summed E-state index contributed by atoms with van der Waals surface area (Å²) in [6, 6.07) is 23.3. The quantitative estimate of drug-likeness (QED) is 0.373. The molecule has 0 unspecified atom stereocenters. The van der Waals surface area contributed by atoms with Gasteiger partial charge in [0.2, 0.25) is 0 Å². The fraction of sp³-hybridized carbons (Fsp3) is 0.241. The van der Waals surface area contributed by atoms with E-state index in [1.807, 2.05) is 83.9 Å². The highest BCUT2D eigenvalue weighted by Gasteiger charge is 2.28. The molecule has 1 aromatic heterocycles. The number of methoxy groups -OCH3 is 3. The Hall–Kier alpha value is -4.46. The zero-order chi connectivity index (χ0) is 25.8. The van der Waals surface area contributed by atoms with Crippen molar-refractivity contribution >= 4 is 11.6 Å². The average molecular weight is 499 g/mol. The summed E-state index contributed by atoms with van der Waals surface area (Å²) >= 11 is 0. The molecule has 8 nitrogen and oxygen atoms in total. The zero-order valence-electron chi connectivity index (χ0n) is 21.3. The van der Waals surface area contributed by atoms with Crippen LogP contribution in [0.5, 0.6) is 17.2 Å². The molecule has 5 rings (SSSR count). The number of benzene rings is 3. The van der Waals surface area contributed by atoms with Crippen LogP contribution < -0.4 is 19.1 Å². The van der Waals surface area contributed by atoms with Crippen LogP contribution in [-0.4, -0.2) is 68.1 Å². The van der Waals surface area contributed by atoms with Crippen molar-refractivity contribution in [3.8, 4) is 34.2 Å². The Bertz CT molecular complexity index is 1360. The van der Waals surface area contributed by atoms with Gasteiger partial charge in [0.05, 0.1) is 32.6 Å². The Morgan fingerprint density at radius 2 is 1.43 bits per heavy atom. The van der Waals surface area contributed by atoms with E-state index in [1.165, 1.54) is 0 Å². The second-order valence-corrected chi connectivity index (χ2v) is 8.71. The summed E-state index contributed by atoms with van der Waals surface area (Å²) in [5, 5.41) is 4.84. The van der Waals surface area contributed by atoms with Crippen LogP contribution in [0.2, 0.25) is 0 Å². The maximum absolute atomic E-state index is 13.9. The van der Waals surface area contributed by atoms with Crippen LogP contribution in [0.25, 0.3) is 16.9 Å². The SMILES string of the molecule is COc1ccc(N2CCN(C(=O)c3cn(-c4ccccc4)nc3-c3cc(OC)ccc3OC)CC2)cc1. The lowest BCUT2D eigenvalue weighted by atomic mass is 10.1. The van der Waals surface area contributed by atoms with E-state index in [2.05, 4.69) is 4.90 Å². The average Bonchev–Trinajstić information content (AvgIpc) is 3.42. The minimum absolute atomic E-state index is 0.0589. The van der Waals surface area contributed by atoms with Gasteiger partial charge in [-0.25, -0.2) is 4.68 Å². The minimum atomic E-state index is -0.0589. The van der Waals surface area contributed by atoms with Crippen LogP contribution in [-0.2, 0) is 0 Å². The van der Waals surface area contributed by atoms with Crippen molar-refractivity contribution in [2.24, 2.45) is 0 Å². The van der Waals surface area contributed by atoms with Crippen LogP contribution in [0.1, 0.15) is 10.4 Å². The van der Waals surface area contributed by atoms with Crippen LogP contribution in [0.3, 0.4) is 0 Å². The standard InChI is InChI=1S/C29H30N4O4/c1-35-23-11-9-21(10-12-23)31-15-17-32(18-16-31)29(34)26-20-33(22-7-5-4-6-8-22)30-28(26)25-19-24(36-2)13-14-27(25)37-3/h4-14,19-20H,15-18H2,1-3H3. The summed E-state index contributed by atoms with van der Waals surface area (Å²) in [6.07, 6.45) is 1.81. The van der Waals surface area contributed by atoms with Crippen molar-refractivity contribution < 1.29 is 19.0 Å². The number of carbonyl (C=O) groups is 1. The zero-order valence-corrected chi connectivity index (χ0v) is 21.3. The number of amides is 1. The number of aromatic nitrogens is 2. The Balaban J connectivity index is 1.45. The molecule has 0 atom stereocenters.